The molecule has 6 nitrogen and oxygen atoms in total. The molecule has 0 bridgehead atoms. The van der Waals surface area contributed by atoms with Gasteiger partial charge in [0, 0.05) is 19.6 Å². The molecule has 0 unspecified atom stereocenters. The maximum absolute atomic E-state index is 13.0. The fourth-order valence-corrected chi connectivity index (χ4v) is 3.61. The molecule has 1 fully saturated rings. The minimum Gasteiger partial charge on any atom is -0.494 e. The van der Waals surface area contributed by atoms with Crippen molar-refractivity contribution in [2.45, 2.75) is 12.5 Å². The van der Waals surface area contributed by atoms with E-state index in [9.17, 15) is 9.18 Å². The number of morpholine rings is 1. The fraction of sp³-hybridized carbons (Fsp3) is 0.409. The van der Waals surface area contributed by atoms with Crippen LogP contribution in [-0.2, 0) is 9.53 Å². The van der Waals surface area contributed by atoms with Crippen molar-refractivity contribution in [2.24, 2.45) is 0 Å². The van der Waals surface area contributed by atoms with E-state index >= 15 is 0 Å². The lowest BCUT2D eigenvalue weighted by Crippen LogP contribution is -2.53. The second-order valence-electron chi connectivity index (χ2n) is 7.11. The van der Waals surface area contributed by atoms with Gasteiger partial charge in [-0.1, -0.05) is 12.1 Å². The minimum absolute atomic E-state index is 0.00960. The van der Waals surface area contributed by atoms with Crippen LogP contribution in [0, 0.1) is 5.82 Å². The van der Waals surface area contributed by atoms with Gasteiger partial charge in [0.2, 0.25) is 0 Å². The van der Waals surface area contributed by atoms with Crippen LogP contribution < -0.4 is 14.4 Å². The Labute approximate surface area is 169 Å². The topological polar surface area (TPSA) is 51.2 Å². The van der Waals surface area contributed by atoms with Gasteiger partial charge >= 0.3 is 0 Å². The Morgan fingerprint density at radius 2 is 1.86 bits per heavy atom. The standard InChI is InChI=1S/C22H25FN2O4/c23-17-6-8-18(9-7-17)28-13-3-10-25-16-21(22(26)24-11-14-27-15-12-24)29-20-5-2-1-4-19(20)25/h1-2,4-9,21H,3,10-16H2/t21-/m0/s1. The zero-order valence-electron chi connectivity index (χ0n) is 16.3. The van der Waals surface area contributed by atoms with Crippen LogP contribution in [0.5, 0.6) is 11.5 Å². The molecule has 2 aliphatic rings. The first-order valence-corrected chi connectivity index (χ1v) is 9.96. The largest absolute Gasteiger partial charge is 0.494 e. The van der Waals surface area contributed by atoms with Crippen molar-refractivity contribution >= 4 is 11.6 Å². The highest BCUT2D eigenvalue weighted by molar-refractivity contribution is 5.83. The summed E-state index contributed by atoms with van der Waals surface area (Å²) in [5.74, 6) is 1.10. The second kappa shape index (κ2) is 9.13. The van der Waals surface area contributed by atoms with Gasteiger partial charge in [-0.2, -0.15) is 0 Å². The van der Waals surface area contributed by atoms with E-state index in [-0.39, 0.29) is 11.7 Å². The summed E-state index contributed by atoms with van der Waals surface area (Å²) in [5, 5.41) is 0. The zero-order valence-corrected chi connectivity index (χ0v) is 16.3. The molecule has 0 saturated carbocycles. The monoisotopic (exact) mass is 400 g/mol. The highest BCUT2D eigenvalue weighted by Crippen LogP contribution is 2.33. The Morgan fingerprint density at radius 3 is 2.66 bits per heavy atom. The molecule has 1 saturated heterocycles. The Balaban J connectivity index is 1.37. The highest BCUT2D eigenvalue weighted by atomic mass is 19.1. The first kappa shape index (κ1) is 19.5. The fourth-order valence-electron chi connectivity index (χ4n) is 3.61. The third-order valence-corrected chi connectivity index (χ3v) is 5.11. The van der Waals surface area contributed by atoms with Crippen LogP contribution in [0.4, 0.5) is 10.1 Å². The van der Waals surface area contributed by atoms with Crippen LogP contribution in [0.1, 0.15) is 6.42 Å². The maximum Gasteiger partial charge on any atom is 0.265 e. The molecule has 2 aromatic rings. The molecule has 0 spiro atoms. The van der Waals surface area contributed by atoms with Crippen LogP contribution in [0.3, 0.4) is 0 Å². The van der Waals surface area contributed by atoms with E-state index in [4.69, 9.17) is 14.2 Å². The summed E-state index contributed by atoms with van der Waals surface area (Å²) in [6.07, 6.45) is 0.241. The minimum atomic E-state index is -0.527. The number of halogens is 1. The number of amides is 1. The van der Waals surface area contributed by atoms with Gasteiger partial charge in [-0.25, -0.2) is 4.39 Å². The lowest BCUT2D eigenvalue weighted by Gasteiger charge is -2.38. The van der Waals surface area contributed by atoms with E-state index in [1.165, 1.54) is 12.1 Å². The first-order valence-electron chi connectivity index (χ1n) is 9.96. The number of rotatable bonds is 6. The lowest BCUT2D eigenvalue weighted by atomic mass is 10.1. The molecule has 0 aliphatic carbocycles. The Hall–Kier alpha value is -2.80. The number of carbonyl (C=O) groups excluding carboxylic acids is 1. The quantitative estimate of drug-likeness (QED) is 0.698. The summed E-state index contributed by atoms with van der Waals surface area (Å²) in [6.45, 7) is 4.09. The summed E-state index contributed by atoms with van der Waals surface area (Å²) in [5.41, 5.74) is 0.986. The van der Waals surface area contributed by atoms with Gasteiger partial charge in [0.25, 0.3) is 5.91 Å². The molecule has 4 rings (SSSR count). The average Bonchev–Trinajstić information content (AvgIpc) is 2.77. The maximum atomic E-state index is 13.0. The molecule has 0 N–H and O–H groups in total. The number of hydrogen-bond donors (Lipinski definition) is 0. The number of anilines is 1. The van der Waals surface area contributed by atoms with Gasteiger partial charge < -0.3 is 24.0 Å². The van der Waals surface area contributed by atoms with Crippen LogP contribution in [-0.4, -0.2) is 62.9 Å². The summed E-state index contributed by atoms with van der Waals surface area (Å²) >= 11 is 0. The van der Waals surface area contributed by atoms with E-state index in [0.717, 1.165) is 24.4 Å². The summed E-state index contributed by atoms with van der Waals surface area (Å²) in [6, 6.07) is 13.8. The van der Waals surface area contributed by atoms with Gasteiger partial charge in [-0.15, -0.1) is 0 Å². The number of fused-ring (bicyclic) bond motifs is 1. The number of carbonyl (C=O) groups is 1. The Kier molecular flexibility index (Phi) is 6.14. The van der Waals surface area contributed by atoms with Crippen molar-refractivity contribution in [3.05, 3.63) is 54.3 Å². The second-order valence-corrected chi connectivity index (χ2v) is 7.11. The van der Waals surface area contributed by atoms with Crippen molar-refractivity contribution in [2.75, 3.05) is 50.9 Å². The summed E-state index contributed by atoms with van der Waals surface area (Å²) in [4.78, 5) is 16.9. The zero-order chi connectivity index (χ0) is 20.1. The van der Waals surface area contributed by atoms with E-state index in [1.807, 2.05) is 29.2 Å². The summed E-state index contributed by atoms with van der Waals surface area (Å²) in [7, 11) is 0. The first-order chi connectivity index (χ1) is 14.2. The SMILES string of the molecule is O=C([C@@H]1CN(CCCOc2ccc(F)cc2)c2ccccc2O1)N1CCOCC1. The molecular formula is C22H25FN2O4. The van der Waals surface area contributed by atoms with Crippen molar-refractivity contribution < 1.29 is 23.4 Å². The predicted molar refractivity (Wildman–Crippen MR) is 107 cm³/mol. The van der Waals surface area contributed by atoms with Gasteiger partial charge in [0.1, 0.15) is 17.3 Å². The molecule has 0 radical (unpaired) electrons. The van der Waals surface area contributed by atoms with Crippen molar-refractivity contribution in [1.82, 2.24) is 4.90 Å². The van der Waals surface area contributed by atoms with Crippen molar-refractivity contribution in [3.8, 4) is 11.5 Å². The smallest absolute Gasteiger partial charge is 0.265 e. The molecule has 2 aromatic carbocycles. The van der Waals surface area contributed by atoms with Crippen molar-refractivity contribution in [1.29, 1.82) is 0 Å². The van der Waals surface area contributed by atoms with E-state index in [0.29, 0.717) is 45.2 Å². The van der Waals surface area contributed by atoms with E-state index in [1.54, 1.807) is 12.1 Å². The lowest BCUT2D eigenvalue weighted by molar-refractivity contribution is -0.142. The molecule has 154 valence electrons. The van der Waals surface area contributed by atoms with Crippen LogP contribution in [0.25, 0.3) is 0 Å². The normalized spacial score (nSPS) is 18.7. The Morgan fingerprint density at radius 1 is 1.10 bits per heavy atom. The van der Waals surface area contributed by atoms with E-state index < -0.39 is 6.10 Å². The van der Waals surface area contributed by atoms with Crippen LogP contribution in [0.15, 0.2) is 48.5 Å². The molecule has 29 heavy (non-hydrogen) atoms. The number of nitrogens with zero attached hydrogens (tertiary/aromatic N) is 2. The van der Waals surface area contributed by atoms with Gasteiger partial charge in [-0.05, 0) is 42.8 Å². The van der Waals surface area contributed by atoms with Crippen LogP contribution in [0.2, 0.25) is 0 Å². The molecule has 2 heterocycles. The molecule has 0 aromatic heterocycles. The van der Waals surface area contributed by atoms with Crippen molar-refractivity contribution in [3.63, 3.8) is 0 Å². The number of ether oxygens (including phenoxy) is 3. The van der Waals surface area contributed by atoms with Crippen LogP contribution >= 0.6 is 0 Å². The number of hydrogen-bond acceptors (Lipinski definition) is 5. The molecule has 7 heteroatoms. The van der Waals surface area contributed by atoms with E-state index in [2.05, 4.69) is 4.90 Å². The molecule has 1 amide bonds. The Bertz CT molecular complexity index is 824. The highest BCUT2D eigenvalue weighted by Gasteiger charge is 2.33. The summed E-state index contributed by atoms with van der Waals surface area (Å²) < 4.78 is 30.0. The van der Waals surface area contributed by atoms with Gasteiger partial charge in [0.05, 0.1) is 32.1 Å². The van der Waals surface area contributed by atoms with Gasteiger partial charge in [-0.3, -0.25) is 4.79 Å². The molecule has 2 aliphatic heterocycles. The number of benzene rings is 2. The third kappa shape index (κ3) is 4.79. The number of para-hydroxylation sites is 2. The third-order valence-electron chi connectivity index (χ3n) is 5.11. The molecular weight excluding hydrogens is 375 g/mol. The predicted octanol–water partition coefficient (Wildman–Crippen LogP) is 2.72. The molecule has 1 atom stereocenters. The van der Waals surface area contributed by atoms with Gasteiger partial charge in [0.15, 0.2) is 6.10 Å². The average molecular weight is 400 g/mol.